The van der Waals surface area contributed by atoms with Gasteiger partial charge in [0.15, 0.2) is 0 Å². The van der Waals surface area contributed by atoms with Crippen molar-refractivity contribution in [2.24, 2.45) is 5.92 Å². The topological polar surface area (TPSA) is 9.23 Å². The second-order valence-electron chi connectivity index (χ2n) is 2.26. The van der Waals surface area contributed by atoms with Crippen LogP contribution in [0.1, 0.15) is 20.3 Å². The summed E-state index contributed by atoms with van der Waals surface area (Å²) in [6, 6.07) is 0. The molecular formula is C8H14OS. The minimum Gasteiger partial charge on any atom is -0.434 e. The lowest BCUT2D eigenvalue weighted by Crippen LogP contribution is -1.92. The van der Waals surface area contributed by atoms with Gasteiger partial charge < -0.3 is 4.18 Å². The normalized spacial score (nSPS) is 14.5. The molecule has 0 aliphatic heterocycles. The summed E-state index contributed by atoms with van der Waals surface area (Å²) in [6.45, 7) is 7.69. The molecule has 0 amide bonds. The molecule has 0 saturated heterocycles. The van der Waals surface area contributed by atoms with Crippen LogP contribution in [-0.2, 0) is 4.18 Å². The van der Waals surface area contributed by atoms with Gasteiger partial charge in [-0.05, 0) is 18.9 Å². The molecule has 0 spiro atoms. The predicted octanol–water partition coefficient (Wildman–Crippen LogP) is 2.96. The highest BCUT2D eigenvalue weighted by molar-refractivity contribution is 7.75. The van der Waals surface area contributed by atoms with E-state index in [1.165, 1.54) is 0 Å². The SMILES string of the molecule is C=CC(C)CC(=CC)OS. The quantitative estimate of drug-likeness (QED) is 0.286. The third-order valence-electron chi connectivity index (χ3n) is 1.36. The molecule has 0 aromatic carbocycles. The summed E-state index contributed by atoms with van der Waals surface area (Å²) in [6.07, 6.45) is 4.69. The second kappa shape index (κ2) is 5.42. The van der Waals surface area contributed by atoms with E-state index in [4.69, 9.17) is 4.18 Å². The van der Waals surface area contributed by atoms with Crippen molar-refractivity contribution in [3.63, 3.8) is 0 Å². The average Bonchev–Trinajstić information content (AvgIpc) is 1.99. The third-order valence-corrected chi connectivity index (χ3v) is 1.60. The molecule has 0 aliphatic rings. The van der Waals surface area contributed by atoms with Gasteiger partial charge in [0.25, 0.3) is 0 Å². The van der Waals surface area contributed by atoms with Crippen LogP contribution < -0.4 is 0 Å². The van der Waals surface area contributed by atoms with Crippen molar-refractivity contribution in [3.8, 4) is 0 Å². The van der Waals surface area contributed by atoms with E-state index >= 15 is 0 Å². The maximum absolute atomic E-state index is 4.78. The highest BCUT2D eigenvalue weighted by Crippen LogP contribution is 2.13. The molecule has 0 bridgehead atoms. The van der Waals surface area contributed by atoms with E-state index in [1.807, 2.05) is 19.1 Å². The minimum atomic E-state index is 0.457. The molecule has 1 nitrogen and oxygen atoms in total. The van der Waals surface area contributed by atoms with Crippen LogP contribution in [0.2, 0.25) is 0 Å². The smallest absolute Gasteiger partial charge is 0.110 e. The highest BCUT2D eigenvalue weighted by Gasteiger charge is 2.00. The first-order valence-electron chi connectivity index (χ1n) is 3.33. The van der Waals surface area contributed by atoms with Crippen LogP contribution in [-0.4, -0.2) is 0 Å². The Hall–Kier alpha value is -0.370. The molecule has 0 heterocycles. The largest absolute Gasteiger partial charge is 0.434 e. The van der Waals surface area contributed by atoms with Gasteiger partial charge in [-0.25, -0.2) is 0 Å². The van der Waals surface area contributed by atoms with Gasteiger partial charge in [0.2, 0.25) is 0 Å². The van der Waals surface area contributed by atoms with Gasteiger partial charge in [-0.3, -0.25) is 0 Å². The van der Waals surface area contributed by atoms with E-state index in [9.17, 15) is 0 Å². The maximum Gasteiger partial charge on any atom is 0.110 e. The molecule has 2 heteroatoms. The molecule has 10 heavy (non-hydrogen) atoms. The van der Waals surface area contributed by atoms with Gasteiger partial charge in [0.1, 0.15) is 5.76 Å². The Bertz CT molecular complexity index is 129. The van der Waals surface area contributed by atoms with Crippen LogP contribution in [0.15, 0.2) is 24.5 Å². The van der Waals surface area contributed by atoms with E-state index in [0.29, 0.717) is 5.92 Å². The van der Waals surface area contributed by atoms with Crippen molar-refractivity contribution in [2.45, 2.75) is 20.3 Å². The summed E-state index contributed by atoms with van der Waals surface area (Å²) in [7, 11) is 0. The highest BCUT2D eigenvalue weighted by atomic mass is 32.1. The zero-order valence-corrected chi connectivity index (χ0v) is 7.40. The number of rotatable bonds is 4. The molecule has 0 saturated carbocycles. The summed E-state index contributed by atoms with van der Waals surface area (Å²) in [5.74, 6) is 1.36. The van der Waals surface area contributed by atoms with Crippen LogP contribution in [0.25, 0.3) is 0 Å². The summed E-state index contributed by atoms with van der Waals surface area (Å²) < 4.78 is 4.78. The van der Waals surface area contributed by atoms with Gasteiger partial charge >= 0.3 is 0 Å². The molecule has 0 radical (unpaired) electrons. The number of thiol groups is 1. The van der Waals surface area contributed by atoms with Gasteiger partial charge in [0.05, 0.1) is 0 Å². The fraction of sp³-hybridized carbons (Fsp3) is 0.500. The van der Waals surface area contributed by atoms with Crippen molar-refractivity contribution >= 4 is 12.9 Å². The van der Waals surface area contributed by atoms with Crippen LogP contribution in [0.3, 0.4) is 0 Å². The summed E-state index contributed by atoms with van der Waals surface area (Å²) in [5, 5.41) is 0. The first kappa shape index (κ1) is 9.63. The Balaban J connectivity index is 3.74. The van der Waals surface area contributed by atoms with Crippen LogP contribution >= 0.6 is 12.9 Å². The minimum absolute atomic E-state index is 0.457. The van der Waals surface area contributed by atoms with Crippen molar-refractivity contribution in [1.29, 1.82) is 0 Å². The number of hydrogen-bond acceptors (Lipinski definition) is 2. The van der Waals surface area contributed by atoms with E-state index in [1.54, 1.807) is 0 Å². The van der Waals surface area contributed by atoms with Gasteiger partial charge in [-0.2, -0.15) is 0 Å². The van der Waals surface area contributed by atoms with Gasteiger partial charge in [0, 0.05) is 19.3 Å². The van der Waals surface area contributed by atoms with Gasteiger partial charge in [-0.15, -0.1) is 6.58 Å². The average molecular weight is 158 g/mol. The first-order chi connectivity index (χ1) is 4.74. The molecule has 0 aromatic rings. The van der Waals surface area contributed by atoms with Crippen LogP contribution in [0, 0.1) is 5.92 Å². The van der Waals surface area contributed by atoms with E-state index < -0.39 is 0 Å². The van der Waals surface area contributed by atoms with Crippen molar-refractivity contribution in [2.75, 3.05) is 0 Å². The van der Waals surface area contributed by atoms with E-state index in [0.717, 1.165) is 12.2 Å². The Labute approximate surface area is 68.4 Å². The molecule has 0 aromatic heterocycles. The molecule has 0 aliphatic carbocycles. The Kier molecular flexibility index (Phi) is 5.22. The van der Waals surface area contributed by atoms with E-state index in [2.05, 4.69) is 26.4 Å². The fourth-order valence-corrected chi connectivity index (χ4v) is 0.788. The second-order valence-corrected chi connectivity index (χ2v) is 2.45. The number of hydrogen-bond donors (Lipinski definition) is 1. The van der Waals surface area contributed by atoms with Crippen molar-refractivity contribution in [1.82, 2.24) is 0 Å². The standard InChI is InChI=1S/C8H14OS/c1-4-7(3)6-8(5-2)9-10/h4-5,7,10H,1,6H2,2-3H3. The van der Waals surface area contributed by atoms with Crippen molar-refractivity contribution < 1.29 is 4.18 Å². The Morgan fingerprint density at radius 3 is 2.70 bits per heavy atom. The summed E-state index contributed by atoms with van der Waals surface area (Å²) >= 11 is 3.71. The lowest BCUT2D eigenvalue weighted by Gasteiger charge is -2.06. The van der Waals surface area contributed by atoms with Crippen molar-refractivity contribution in [3.05, 3.63) is 24.5 Å². The molecule has 0 rings (SSSR count). The summed E-state index contributed by atoms with van der Waals surface area (Å²) in [5.41, 5.74) is 0. The molecule has 58 valence electrons. The predicted molar refractivity (Wildman–Crippen MR) is 47.8 cm³/mol. The van der Waals surface area contributed by atoms with Gasteiger partial charge in [-0.1, -0.05) is 13.0 Å². The molecule has 1 unspecified atom stereocenters. The Morgan fingerprint density at radius 1 is 1.80 bits per heavy atom. The zero-order chi connectivity index (χ0) is 7.98. The first-order valence-corrected chi connectivity index (χ1v) is 3.70. The number of allylic oxidation sites excluding steroid dienone is 3. The monoisotopic (exact) mass is 158 g/mol. The lowest BCUT2D eigenvalue weighted by molar-refractivity contribution is 0.451. The Morgan fingerprint density at radius 2 is 2.40 bits per heavy atom. The molecule has 0 N–H and O–H groups in total. The maximum atomic E-state index is 4.78. The lowest BCUT2D eigenvalue weighted by atomic mass is 10.1. The van der Waals surface area contributed by atoms with E-state index in [-0.39, 0.29) is 0 Å². The molecule has 1 atom stereocenters. The molecular weight excluding hydrogens is 144 g/mol. The van der Waals surface area contributed by atoms with Crippen LogP contribution in [0.4, 0.5) is 0 Å². The zero-order valence-electron chi connectivity index (χ0n) is 6.50. The summed E-state index contributed by atoms with van der Waals surface area (Å²) in [4.78, 5) is 0. The van der Waals surface area contributed by atoms with Crippen LogP contribution in [0.5, 0.6) is 0 Å². The molecule has 0 fully saturated rings. The fourth-order valence-electron chi connectivity index (χ4n) is 0.608. The third kappa shape index (κ3) is 3.62.